The Kier molecular flexibility index (Phi) is 6.61. The molecule has 3 nitrogen and oxygen atoms in total. The average molecular weight is 413 g/mol. The molecule has 3 rings (SSSR count). The number of urea groups is 1. The highest BCUT2D eigenvalue weighted by atomic mass is 35.5. The van der Waals surface area contributed by atoms with Crippen molar-refractivity contribution in [1.29, 1.82) is 0 Å². The van der Waals surface area contributed by atoms with Gasteiger partial charge in [-0.25, -0.2) is 4.79 Å². The highest BCUT2D eigenvalue weighted by Crippen LogP contribution is 2.20. The van der Waals surface area contributed by atoms with Gasteiger partial charge in [0.1, 0.15) is 0 Å². The van der Waals surface area contributed by atoms with E-state index in [1.807, 2.05) is 80.6 Å². The second-order valence-corrected chi connectivity index (χ2v) is 7.74. The molecule has 0 heterocycles. The fourth-order valence-corrected chi connectivity index (χ4v) is 3.48. The number of carbonyl (C=O) groups is 1. The SMILES string of the molecule is Cc1ccc(NC(=O)N(Cc2cccc(Cl)c2)Cc2cccc(Cl)c2)c(C)c1. The summed E-state index contributed by atoms with van der Waals surface area (Å²) in [6.07, 6.45) is 0. The van der Waals surface area contributed by atoms with Gasteiger partial charge in [-0.3, -0.25) is 0 Å². The molecular formula is C23H22Cl2N2O. The maximum absolute atomic E-state index is 13.1. The zero-order valence-electron chi connectivity index (χ0n) is 15.9. The first-order valence-corrected chi connectivity index (χ1v) is 9.78. The Hall–Kier alpha value is -2.49. The number of nitrogens with zero attached hydrogens (tertiary/aromatic N) is 1. The standard InChI is InChI=1S/C23H22Cl2N2O/c1-16-9-10-22(17(2)11-16)26-23(28)27(14-18-5-3-7-20(24)12-18)15-19-6-4-8-21(25)13-19/h3-13H,14-15H2,1-2H3,(H,26,28). The summed E-state index contributed by atoms with van der Waals surface area (Å²) in [5.74, 6) is 0. The quantitative estimate of drug-likeness (QED) is 0.488. The van der Waals surface area contributed by atoms with Crippen molar-refractivity contribution in [2.45, 2.75) is 26.9 Å². The van der Waals surface area contributed by atoms with Crippen molar-refractivity contribution in [3.63, 3.8) is 0 Å². The average Bonchev–Trinajstić information content (AvgIpc) is 2.63. The number of aryl methyl sites for hydroxylation is 2. The largest absolute Gasteiger partial charge is 0.322 e. The summed E-state index contributed by atoms with van der Waals surface area (Å²) in [6.45, 7) is 4.89. The minimum absolute atomic E-state index is 0.174. The van der Waals surface area contributed by atoms with Gasteiger partial charge in [-0.2, -0.15) is 0 Å². The predicted octanol–water partition coefficient (Wildman–Crippen LogP) is 6.84. The summed E-state index contributed by atoms with van der Waals surface area (Å²) in [7, 11) is 0. The van der Waals surface area contributed by atoms with Crippen LogP contribution >= 0.6 is 23.2 Å². The number of carbonyl (C=O) groups excluding carboxylic acids is 1. The van der Waals surface area contributed by atoms with Crippen LogP contribution in [0.2, 0.25) is 10.0 Å². The van der Waals surface area contributed by atoms with Crippen molar-refractivity contribution in [3.8, 4) is 0 Å². The van der Waals surface area contributed by atoms with Gasteiger partial charge in [0.05, 0.1) is 0 Å². The van der Waals surface area contributed by atoms with Crippen LogP contribution in [0.3, 0.4) is 0 Å². The lowest BCUT2D eigenvalue weighted by Gasteiger charge is -2.24. The Morgan fingerprint density at radius 1 is 0.857 bits per heavy atom. The van der Waals surface area contributed by atoms with E-state index in [1.54, 1.807) is 4.90 Å². The molecule has 0 aromatic heterocycles. The van der Waals surface area contributed by atoms with Crippen molar-refractivity contribution < 1.29 is 4.79 Å². The number of nitrogens with one attached hydrogen (secondary N) is 1. The van der Waals surface area contributed by atoms with Gasteiger partial charge in [-0.1, -0.05) is 65.2 Å². The third-order valence-electron chi connectivity index (χ3n) is 4.44. The Morgan fingerprint density at radius 3 is 1.93 bits per heavy atom. The van der Waals surface area contributed by atoms with Gasteiger partial charge >= 0.3 is 6.03 Å². The third kappa shape index (κ3) is 5.51. The van der Waals surface area contributed by atoms with Gasteiger partial charge in [0.25, 0.3) is 0 Å². The molecule has 0 atom stereocenters. The molecule has 0 aliphatic heterocycles. The van der Waals surface area contributed by atoms with E-state index in [0.717, 1.165) is 27.9 Å². The van der Waals surface area contributed by atoms with Crippen LogP contribution in [0.5, 0.6) is 0 Å². The van der Waals surface area contributed by atoms with Crippen molar-refractivity contribution in [2.24, 2.45) is 0 Å². The van der Waals surface area contributed by atoms with Crippen LogP contribution in [0.15, 0.2) is 66.7 Å². The van der Waals surface area contributed by atoms with E-state index < -0.39 is 0 Å². The molecule has 0 radical (unpaired) electrons. The molecule has 0 saturated heterocycles. The molecule has 0 fully saturated rings. The number of rotatable bonds is 5. The first-order valence-electron chi connectivity index (χ1n) is 9.03. The van der Waals surface area contributed by atoms with E-state index in [-0.39, 0.29) is 6.03 Å². The van der Waals surface area contributed by atoms with Crippen LogP contribution in [0.25, 0.3) is 0 Å². The van der Waals surface area contributed by atoms with Gasteiger partial charge < -0.3 is 10.2 Å². The number of hydrogen-bond acceptors (Lipinski definition) is 1. The molecule has 144 valence electrons. The summed E-state index contributed by atoms with van der Waals surface area (Å²) in [4.78, 5) is 14.8. The lowest BCUT2D eigenvalue weighted by atomic mass is 10.1. The molecule has 28 heavy (non-hydrogen) atoms. The normalized spacial score (nSPS) is 10.6. The van der Waals surface area contributed by atoms with Crippen molar-refractivity contribution in [2.75, 3.05) is 5.32 Å². The van der Waals surface area contributed by atoms with E-state index in [1.165, 1.54) is 0 Å². The minimum atomic E-state index is -0.174. The molecule has 3 aromatic rings. The van der Waals surface area contributed by atoms with Gasteiger partial charge in [-0.05, 0) is 60.9 Å². The minimum Gasteiger partial charge on any atom is -0.316 e. The van der Waals surface area contributed by atoms with E-state index in [4.69, 9.17) is 23.2 Å². The lowest BCUT2D eigenvalue weighted by molar-refractivity contribution is 0.206. The maximum Gasteiger partial charge on any atom is 0.322 e. The van der Waals surface area contributed by atoms with Crippen LogP contribution in [0.1, 0.15) is 22.3 Å². The Balaban J connectivity index is 1.84. The third-order valence-corrected chi connectivity index (χ3v) is 4.91. The molecule has 0 spiro atoms. The molecule has 0 aliphatic carbocycles. The molecule has 0 bridgehead atoms. The fourth-order valence-electron chi connectivity index (χ4n) is 3.06. The highest BCUT2D eigenvalue weighted by molar-refractivity contribution is 6.30. The second-order valence-electron chi connectivity index (χ2n) is 6.86. The van der Waals surface area contributed by atoms with Gasteiger partial charge in [0, 0.05) is 28.8 Å². The molecule has 2 amide bonds. The van der Waals surface area contributed by atoms with Crippen molar-refractivity contribution in [1.82, 2.24) is 4.90 Å². The van der Waals surface area contributed by atoms with Gasteiger partial charge in [-0.15, -0.1) is 0 Å². The number of halogens is 2. The Morgan fingerprint density at radius 2 is 1.43 bits per heavy atom. The van der Waals surface area contributed by atoms with Crippen LogP contribution in [-0.2, 0) is 13.1 Å². The molecule has 0 saturated carbocycles. The number of benzene rings is 3. The smallest absolute Gasteiger partial charge is 0.316 e. The number of hydrogen-bond donors (Lipinski definition) is 1. The summed E-state index contributed by atoms with van der Waals surface area (Å²) in [5.41, 5.74) is 4.91. The fraction of sp³-hybridized carbons (Fsp3) is 0.174. The van der Waals surface area contributed by atoms with E-state index in [9.17, 15) is 4.79 Å². The zero-order chi connectivity index (χ0) is 20.1. The monoisotopic (exact) mass is 412 g/mol. The lowest BCUT2D eigenvalue weighted by Crippen LogP contribution is -2.34. The summed E-state index contributed by atoms with van der Waals surface area (Å²) in [6, 6.07) is 20.9. The van der Waals surface area contributed by atoms with E-state index in [2.05, 4.69) is 5.32 Å². The van der Waals surface area contributed by atoms with Gasteiger partial charge in [0.15, 0.2) is 0 Å². The maximum atomic E-state index is 13.1. The van der Waals surface area contributed by atoms with Crippen molar-refractivity contribution in [3.05, 3.63) is 99.0 Å². The van der Waals surface area contributed by atoms with Crippen molar-refractivity contribution >= 4 is 34.9 Å². The first kappa shape index (κ1) is 20.2. The molecule has 0 aliphatic rings. The van der Waals surface area contributed by atoms with Crippen LogP contribution in [0, 0.1) is 13.8 Å². The summed E-state index contributed by atoms with van der Waals surface area (Å²) < 4.78 is 0. The molecule has 5 heteroatoms. The highest BCUT2D eigenvalue weighted by Gasteiger charge is 2.16. The molecule has 3 aromatic carbocycles. The predicted molar refractivity (Wildman–Crippen MR) is 117 cm³/mol. The Bertz CT molecular complexity index is 940. The zero-order valence-corrected chi connectivity index (χ0v) is 17.4. The van der Waals surface area contributed by atoms with E-state index in [0.29, 0.717) is 23.1 Å². The Labute approximate surface area is 175 Å². The first-order chi connectivity index (χ1) is 13.4. The molecule has 1 N–H and O–H groups in total. The van der Waals surface area contributed by atoms with Crippen LogP contribution in [-0.4, -0.2) is 10.9 Å². The molecule has 0 unspecified atom stereocenters. The molecular weight excluding hydrogens is 391 g/mol. The topological polar surface area (TPSA) is 32.3 Å². The van der Waals surface area contributed by atoms with Gasteiger partial charge in [0.2, 0.25) is 0 Å². The van der Waals surface area contributed by atoms with Crippen LogP contribution in [0.4, 0.5) is 10.5 Å². The van der Waals surface area contributed by atoms with Crippen LogP contribution < -0.4 is 5.32 Å². The number of amides is 2. The number of anilines is 1. The summed E-state index contributed by atoms with van der Waals surface area (Å²) >= 11 is 12.2. The van der Waals surface area contributed by atoms with E-state index >= 15 is 0 Å². The second kappa shape index (κ2) is 9.13. The summed E-state index contributed by atoms with van der Waals surface area (Å²) in [5, 5.41) is 4.32.